The molecule has 0 aliphatic carbocycles. The zero-order chi connectivity index (χ0) is 18.2. The third-order valence-electron chi connectivity index (χ3n) is 3.42. The Morgan fingerprint density at radius 2 is 1.68 bits per heavy atom. The van der Waals surface area contributed by atoms with E-state index in [2.05, 4.69) is 0 Å². The number of ether oxygens (including phenoxy) is 2. The summed E-state index contributed by atoms with van der Waals surface area (Å²) < 4.78 is 11.9. The normalized spacial score (nSPS) is 11.1. The van der Waals surface area contributed by atoms with E-state index >= 15 is 0 Å². The fourth-order valence-electron chi connectivity index (χ4n) is 2.12. The summed E-state index contributed by atoms with van der Waals surface area (Å²) in [6, 6.07) is 16.9. The quantitative estimate of drug-likeness (QED) is 0.424. The molecule has 130 valence electrons. The van der Waals surface area contributed by atoms with E-state index in [1.54, 1.807) is 18.2 Å². The monoisotopic (exact) mass is 507 g/mol. The summed E-state index contributed by atoms with van der Waals surface area (Å²) in [5.74, 6) is 0.0976. The van der Waals surface area contributed by atoms with Crippen LogP contribution in [0.4, 0.5) is 5.69 Å². The van der Waals surface area contributed by atoms with E-state index in [-0.39, 0.29) is 5.97 Å². The van der Waals surface area contributed by atoms with Crippen LogP contribution in [-0.4, -0.2) is 30.8 Å². The zero-order valence-corrected chi connectivity index (χ0v) is 17.5. The van der Waals surface area contributed by atoms with Gasteiger partial charge in [0.15, 0.2) is 0 Å². The summed E-state index contributed by atoms with van der Waals surface area (Å²) in [6.45, 7) is 2.51. The fourth-order valence-corrected chi connectivity index (χ4v) is 2.93. The Balaban J connectivity index is 2.23. The number of hydrogen-bond acceptors (Lipinski definition) is 4. The summed E-state index contributed by atoms with van der Waals surface area (Å²) >= 11 is 1.18. The van der Waals surface area contributed by atoms with Gasteiger partial charge in [0.2, 0.25) is 0 Å². The second kappa shape index (κ2) is 9.45. The van der Waals surface area contributed by atoms with Crippen LogP contribution in [-0.2, 0) is 28.8 Å². The van der Waals surface area contributed by atoms with Crippen LogP contribution in [0, 0.1) is 0 Å². The molecule has 2 aromatic carbocycles. The summed E-state index contributed by atoms with van der Waals surface area (Å²) in [6.07, 6.45) is 1.78. The maximum absolute atomic E-state index is 12.5. The van der Waals surface area contributed by atoms with Crippen molar-refractivity contribution in [1.82, 2.24) is 0 Å². The average molecular weight is 507 g/mol. The van der Waals surface area contributed by atoms with Crippen molar-refractivity contribution in [3.8, 4) is 0 Å². The molecule has 0 unspecified atom stereocenters. The van der Waals surface area contributed by atoms with Crippen molar-refractivity contribution in [3.63, 3.8) is 0 Å². The van der Waals surface area contributed by atoms with Gasteiger partial charge in [-0.2, -0.15) is 0 Å². The van der Waals surface area contributed by atoms with Crippen LogP contribution in [0.15, 0.2) is 60.7 Å². The third kappa shape index (κ3) is 5.77. The molecule has 2 aromatic rings. The van der Waals surface area contributed by atoms with Gasteiger partial charge in [0.1, 0.15) is 0 Å². The van der Waals surface area contributed by atoms with E-state index < -0.39 is 0 Å². The third-order valence-corrected chi connectivity index (χ3v) is 4.26. The van der Waals surface area contributed by atoms with Crippen LogP contribution >= 0.6 is 0 Å². The van der Waals surface area contributed by atoms with Crippen molar-refractivity contribution >= 4 is 21.5 Å². The summed E-state index contributed by atoms with van der Waals surface area (Å²) in [5, 5.41) is 0. The predicted octanol–water partition coefficient (Wildman–Crippen LogP) is 3.66. The van der Waals surface area contributed by atoms with Crippen LogP contribution in [0.5, 0.6) is 0 Å². The van der Waals surface area contributed by atoms with E-state index in [0.717, 1.165) is 15.3 Å². The molecular weight excluding hydrogens is 486 g/mol. The van der Waals surface area contributed by atoms with Gasteiger partial charge in [-0.3, -0.25) is 0 Å². The number of benzene rings is 2. The molecule has 0 N–H and O–H groups in total. The first-order chi connectivity index (χ1) is 12.0. The van der Waals surface area contributed by atoms with Crippen molar-refractivity contribution in [2.24, 2.45) is 0 Å². The molecule has 2 rings (SSSR count). The van der Waals surface area contributed by atoms with Gasteiger partial charge in [-0.15, -0.1) is 0 Å². The van der Waals surface area contributed by atoms with Gasteiger partial charge in [-0.25, -0.2) is 0 Å². The molecule has 0 fully saturated rings. The molecule has 0 aliphatic heterocycles. The van der Waals surface area contributed by atoms with Crippen LogP contribution in [0.1, 0.15) is 22.8 Å². The van der Waals surface area contributed by atoms with Crippen LogP contribution in [0.2, 0.25) is 0 Å². The van der Waals surface area contributed by atoms with Crippen LogP contribution < -0.4 is 4.90 Å². The number of esters is 1. The first kappa shape index (κ1) is 19.3. The minimum absolute atomic E-state index is 0.389. The number of rotatable bonds is 7. The van der Waals surface area contributed by atoms with E-state index in [0.29, 0.717) is 17.9 Å². The van der Waals surface area contributed by atoms with Gasteiger partial charge in [0, 0.05) is 0 Å². The molecule has 0 saturated carbocycles. The minimum atomic E-state index is -0.389. The van der Waals surface area contributed by atoms with Crippen molar-refractivity contribution in [1.29, 1.82) is 0 Å². The summed E-state index contributed by atoms with van der Waals surface area (Å²) in [7, 11) is 3.91. The molecule has 0 aliphatic rings. The molecule has 25 heavy (non-hydrogen) atoms. The second-order valence-corrected chi connectivity index (χ2v) is 6.90. The Morgan fingerprint density at radius 1 is 1.04 bits per heavy atom. The SMILES string of the molecule is CCO[C](=[W])/C=C(\OC(=O)c1ccc(N(C)C)cc1)c1ccccc1. The van der Waals surface area contributed by atoms with Crippen molar-refractivity contribution in [3.05, 3.63) is 71.8 Å². The van der Waals surface area contributed by atoms with Crippen molar-refractivity contribution in [2.45, 2.75) is 6.92 Å². The number of hydrogen-bond donors (Lipinski definition) is 0. The average Bonchev–Trinajstić information content (AvgIpc) is 2.62. The molecule has 0 radical (unpaired) electrons. The van der Waals surface area contributed by atoms with Gasteiger partial charge in [-0.05, 0) is 0 Å². The molecule has 0 atom stereocenters. The summed E-state index contributed by atoms with van der Waals surface area (Å²) in [5.41, 5.74) is 2.37. The Kier molecular flexibility index (Phi) is 7.29. The maximum atomic E-state index is 12.5. The Bertz CT molecular complexity index is 752. The van der Waals surface area contributed by atoms with E-state index in [9.17, 15) is 4.79 Å². The molecule has 4 nitrogen and oxygen atoms in total. The van der Waals surface area contributed by atoms with Gasteiger partial charge < -0.3 is 0 Å². The summed E-state index contributed by atoms with van der Waals surface area (Å²) in [4.78, 5) is 14.5. The van der Waals surface area contributed by atoms with Crippen molar-refractivity contribution in [2.75, 3.05) is 25.6 Å². The first-order valence-corrected chi connectivity index (χ1v) is 9.41. The number of anilines is 1. The number of carbonyl (C=O) groups is 1. The Hall–Kier alpha value is -2.03. The van der Waals surface area contributed by atoms with Crippen molar-refractivity contribution < 1.29 is 33.6 Å². The molecule has 0 heterocycles. The standard InChI is InChI=1S/C20H21NO3.W/c1-4-23-15-14-19(16-8-6-5-7-9-16)24-20(22)17-10-12-18(13-11-17)21(2)3;/h5-14H,4H2,1-3H3;/b19-14-;. The molecular formula is C20H21NO3W. The first-order valence-electron chi connectivity index (χ1n) is 7.94. The topological polar surface area (TPSA) is 38.8 Å². The molecule has 0 bridgehead atoms. The van der Waals surface area contributed by atoms with Gasteiger partial charge in [-0.1, -0.05) is 0 Å². The van der Waals surface area contributed by atoms with E-state index in [1.165, 1.54) is 19.4 Å². The second-order valence-electron chi connectivity index (χ2n) is 5.46. The Morgan fingerprint density at radius 3 is 2.24 bits per heavy atom. The number of carbonyl (C=O) groups excluding carboxylic acids is 1. The molecule has 0 spiro atoms. The van der Waals surface area contributed by atoms with E-state index in [1.807, 2.05) is 68.4 Å². The molecule has 0 saturated heterocycles. The van der Waals surface area contributed by atoms with Gasteiger partial charge in [0.25, 0.3) is 0 Å². The number of nitrogens with zero attached hydrogens (tertiary/aromatic N) is 1. The van der Waals surface area contributed by atoms with Gasteiger partial charge >= 0.3 is 159 Å². The van der Waals surface area contributed by atoms with Crippen LogP contribution in [0.3, 0.4) is 0 Å². The molecule has 0 amide bonds. The predicted molar refractivity (Wildman–Crippen MR) is 97.2 cm³/mol. The van der Waals surface area contributed by atoms with Gasteiger partial charge in [0.05, 0.1) is 0 Å². The fraction of sp³-hybridized carbons (Fsp3) is 0.200. The zero-order valence-electron chi connectivity index (χ0n) is 14.6. The Labute approximate surface area is 159 Å². The van der Waals surface area contributed by atoms with E-state index in [4.69, 9.17) is 9.47 Å². The van der Waals surface area contributed by atoms with Crippen LogP contribution in [0.25, 0.3) is 5.76 Å². The molecule has 0 aromatic heterocycles. The molecule has 5 heteroatoms.